The molecule has 1 heterocycles. The Morgan fingerprint density at radius 1 is 1.19 bits per heavy atom. The lowest BCUT2D eigenvalue weighted by Gasteiger charge is -2.06. The van der Waals surface area contributed by atoms with E-state index < -0.39 is 0 Å². The van der Waals surface area contributed by atoms with Gasteiger partial charge in [-0.2, -0.15) is 0 Å². The van der Waals surface area contributed by atoms with Gasteiger partial charge in [-0.25, -0.2) is 0 Å². The Hall–Kier alpha value is -2.26. The minimum Gasteiger partial charge on any atom is -0.497 e. The molecule has 4 heteroatoms. The van der Waals surface area contributed by atoms with Gasteiger partial charge in [-0.05, 0) is 36.8 Å². The van der Waals surface area contributed by atoms with Crippen LogP contribution in [0.5, 0.6) is 5.75 Å². The second kappa shape index (κ2) is 5.26. The highest BCUT2D eigenvalue weighted by Gasteiger charge is 2.17. The lowest BCUT2D eigenvalue weighted by Crippen LogP contribution is -2.03. The minimum atomic E-state index is -0.0468. The zero-order valence-corrected chi connectivity index (χ0v) is 12.5. The first-order valence-electron chi connectivity index (χ1n) is 6.56. The Morgan fingerprint density at radius 2 is 2.00 bits per heavy atom. The summed E-state index contributed by atoms with van der Waals surface area (Å²) >= 11 is 6.11. The summed E-state index contributed by atoms with van der Waals surface area (Å²) in [5.41, 5.74) is 2.93. The molecule has 0 aliphatic heterocycles. The first-order valence-corrected chi connectivity index (χ1v) is 6.94. The largest absolute Gasteiger partial charge is 0.497 e. The van der Waals surface area contributed by atoms with Crippen molar-refractivity contribution in [3.8, 4) is 5.75 Å². The van der Waals surface area contributed by atoms with E-state index in [9.17, 15) is 4.79 Å². The summed E-state index contributed by atoms with van der Waals surface area (Å²) < 4.78 is 5.23. The molecule has 0 amide bonds. The van der Waals surface area contributed by atoms with E-state index in [1.165, 1.54) is 0 Å². The van der Waals surface area contributed by atoms with Gasteiger partial charge in [-0.15, -0.1) is 0 Å². The number of fused-ring (bicyclic) bond motifs is 1. The molecular formula is C17H14ClNO2. The molecule has 1 aromatic heterocycles. The van der Waals surface area contributed by atoms with Gasteiger partial charge < -0.3 is 9.72 Å². The van der Waals surface area contributed by atoms with Gasteiger partial charge >= 0.3 is 0 Å². The molecule has 0 fully saturated rings. The van der Waals surface area contributed by atoms with Crippen LogP contribution in [0.2, 0.25) is 5.02 Å². The Labute approximate surface area is 127 Å². The molecule has 3 nitrogen and oxygen atoms in total. The van der Waals surface area contributed by atoms with Gasteiger partial charge in [0.25, 0.3) is 0 Å². The molecule has 3 rings (SSSR count). The molecule has 0 bridgehead atoms. The molecule has 0 radical (unpaired) electrons. The van der Waals surface area contributed by atoms with Crippen molar-refractivity contribution in [2.45, 2.75) is 6.92 Å². The average Bonchev–Trinajstić information content (AvgIpc) is 2.92. The van der Waals surface area contributed by atoms with Crippen LogP contribution in [0.4, 0.5) is 0 Å². The van der Waals surface area contributed by atoms with Gasteiger partial charge in [0.2, 0.25) is 0 Å². The lowest BCUT2D eigenvalue weighted by atomic mass is 9.98. The van der Waals surface area contributed by atoms with Crippen LogP contribution in [0.15, 0.2) is 42.6 Å². The van der Waals surface area contributed by atoms with Crippen LogP contribution in [-0.4, -0.2) is 17.9 Å². The number of halogens is 1. The van der Waals surface area contributed by atoms with Gasteiger partial charge in [-0.3, -0.25) is 4.79 Å². The summed E-state index contributed by atoms with van der Waals surface area (Å²) in [6.07, 6.45) is 1.73. The van der Waals surface area contributed by atoms with E-state index in [2.05, 4.69) is 4.98 Å². The maximum absolute atomic E-state index is 12.8. The van der Waals surface area contributed by atoms with E-state index in [0.29, 0.717) is 16.1 Å². The number of nitrogens with one attached hydrogen (secondary N) is 1. The monoisotopic (exact) mass is 299 g/mol. The van der Waals surface area contributed by atoms with Crippen molar-refractivity contribution in [1.29, 1.82) is 0 Å². The summed E-state index contributed by atoms with van der Waals surface area (Å²) in [6.45, 7) is 1.85. The number of H-pyrrole nitrogens is 1. The van der Waals surface area contributed by atoms with Crippen LogP contribution >= 0.6 is 11.6 Å². The highest BCUT2D eigenvalue weighted by Crippen LogP contribution is 2.27. The quantitative estimate of drug-likeness (QED) is 0.730. The first-order chi connectivity index (χ1) is 10.1. The number of ketones is 1. The standard InChI is InChI=1S/C17H14ClNO2/c1-10-12(4-3-5-15(10)18)17(20)14-9-19-16-7-6-11(21-2)8-13(14)16/h3-9,19H,1-2H3. The van der Waals surface area contributed by atoms with Gasteiger partial charge in [0.05, 0.1) is 7.11 Å². The Bertz CT molecular complexity index is 836. The molecule has 0 spiro atoms. The third kappa shape index (κ3) is 2.30. The van der Waals surface area contributed by atoms with Crippen molar-refractivity contribution < 1.29 is 9.53 Å². The first kappa shape index (κ1) is 13.7. The summed E-state index contributed by atoms with van der Waals surface area (Å²) in [6, 6.07) is 11.0. The maximum atomic E-state index is 12.8. The zero-order valence-electron chi connectivity index (χ0n) is 11.7. The fraction of sp³-hybridized carbons (Fsp3) is 0.118. The van der Waals surface area contributed by atoms with Crippen molar-refractivity contribution in [3.05, 3.63) is 64.3 Å². The SMILES string of the molecule is COc1ccc2[nH]cc(C(=O)c3cccc(Cl)c3C)c2c1. The van der Waals surface area contributed by atoms with E-state index in [-0.39, 0.29) is 5.78 Å². The topological polar surface area (TPSA) is 42.1 Å². The van der Waals surface area contributed by atoms with Crippen LogP contribution in [0.25, 0.3) is 10.9 Å². The van der Waals surface area contributed by atoms with Crippen LogP contribution in [0.1, 0.15) is 21.5 Å². The van der Waals surface area contributed by atoms with Gasteiger partial charge in [0.15, 0.2) is 5.78 Å². The van der Waals surface area contributed by atoms with E-state index in [1.54, 1.807) is 31.5 Å². The van der Waals surface area contributed by atoms with Crippen LogP contribution in [0.3, 0.4) is 0 Å². The van der Waals surface area contributed by atoms with Gasteiger partial charge in [0, 0.05) is 33.2 Å². The van der Waals surface area contributed by atoms with E-state index in [4.69, 9.17) is 16.3 Å². The third-order valence-electron chi connectivity index (χ3n) is 3.65. The van der Waals surface area contributed by atoms with Crippen LogP contribution < -0.4 is 4.74 Å². The highest BCUT2D eigenvalue weighted by atomic mass is 35.5. The molecule has 0 saturated carbocycles. The molecular weight excluding hydrogens is 286 g/mol. The third-order valence-corrected chi connectivity index (χ3v) is 4.06. The number of carbonyl (C=O) groups is 1. The fourth-order valence-electron chi connectivity index (χ4n) is 2.41. The summed E-state index contributed by atoms with van der Waals surface area (Å²) in [7, 11) is 1.61. The number of hydrogen-bond donors (Lipinski definition) is 1. The fourth-order valence-corrected chi connectivity index (χ4v) is 2.59. The molecule has 1 N–H and O–H groups in total. The normalized spacial score (nSPS) is 10.8. The van der Waals surface area contributed by atoms with Gasteiger partial charge in [-0.1, -0.05) is 23.7 Å². The van der Waals surface area contributed by atoms with Crippen molar-refractivity contribution >= 4 is 28.3 Å². The van der Waals surface area contributed by atoms with Crippen LogP contribution in [-0.2, 0) is 0 Å². The van der Waals surface area contributed by atoms with E-state index in [0.717, 1.165) is 22.2 Å². The Morgan fingerprint density at radius 3 is 2.76 bits per heavy atom. The summed E-state index contributed by atoms with van der Waals surface area (Å²) in [5.74, 6) is 0.675. The van der Waals surface area contributed by atoms with Gasteiger partial charge in [0.1, 0.15) is 5.75 Å². The number of ether oxygens (including phenoxy) is 1. The predicted molar refractivity (Wildman–Crippen MR) is 84.5 cm³/mol. The molecule has 0 atom stereocenters. The van der Waals surface area contributed by atoms with Crippen molar-refractivity contribution in [2.24, 2.45) is 0 Å². The number of methoxy groups -OCH3 is 1. The van der Waals surface area contributed by atoms with Crippen molar-refractivity contribution in [3.63, 3.8) is 0 Å². The Balaban J connectivity index is 2.15. The molecule has 106 valence electrons. The lowest BCUT2D eigenvalue weighted by molar-refractivity contribution is 0.104. The maximum Gasteiger partial charge on any atom is 0.195 e. The summed E-state index contributed by atoms with van der Waals surface area (Å²) in [4.78, 5) is 15.9. The summed E-state index contributed by atoms with van der Waals surface area (Å²) in [5, 5.41) is 1.44. The van der Waals surface area contributed by atoms with E-state index in [1.807, 2.05) is 25.1 Å². The van der Waals surface area contributed by atoms with E-state index >= 15 is 0 Å². The molecule has 2 aromatic carbocycles. The number of aromatic nitrogens is 1. The highest BCUT2D eigenvalue weighted by molar-refractivity contribution is 6.32. The molecule has 0 unspecified atom stereocenters. The van der Waals surface area contributed by atoms with Crippen molar-refractivity contribution in [2.75, 3.05) is 7.11 Å². The molecule has 0 saturated heterocycles. The Kier molecular flexibility index (Phi) is 3.43. The molecule has 0 aliphatic carbocycles. The second-order valence-corrected chi connectivity index (χ2v) is 5.26. The number of benzene rings is 2. The van der Waals surface area contributed by atoms with Crippen LogP contribution in [0, 0.1) is 6.92 Å². The second-order valence-electron chi connectivity index (χ2n) is 4.86. The zero-order chi connectivity index (χ0) is 15.0. The predicted octanol–water partition coefficient (Wildman–Crippen LogP) is 4.37. The smallest absolute Gasteiger partial charge is 0.195 e. The number of rotatable bonds is 3. The molecule has 21 heavy (non-hydrogen) atoms. The molecule has 0 aliphatic rings. The number of hydrogen-bond acceptors (Lipinski definition) is 2. The van der Waals surface area contributed by atoms with Crippen molar-refractivity contribution in [1.82, 2.24) is 4.98 Å². The number of aromatic amines is 1. The molecule has 3 aromatic rings. The number of carbonyl (C=O) groups excluding carboxylic acids is 1. The average molecular weight is 300 g/mol. The minimum absolute atomic E-state index is 0.0468.